The molecule has 0 spiro atoms. The fraction of sp³-hybridized carbons (Fsp3) is 0.500. The lowest BCUT2D eigenvalue weighted by Gasteiger charge is -2.22. The van der Waals surface area contributed by atoms with Crippen LogP contribution in [0.2, 0.25) is 0 Å². The third-order valence-corrected chi connectivity index (χ3v) is 6.10. The summed E-state index contributed by atoms with van der Waals surface area (Å²) in [4.78, 5) is 6.35. The molecule has 0 saturated heterocycles. The summed E-state index contributed by atoms with van der Waals surface area (Å²) < 4.78 is 29.5. The van der Waals surface area contributed by atoms with E-state index in [1.54, 1.807) is 10.7 Å². The summed E-state index contributed by atoms with van der Waals surface area (Å²) in [7, 11) is -3.51. The summed E-state index contributed by atoms with van der Waals surface area (Å²) in [5.74, 6) is 0.699. The Balaban J connectivity index is 1.91. The fourth-order valence-electron chi connectivity index (χ4n) is 2.53. The molecule has 1 aliphatic rings. The molecule has 0 saturated carbocycles. The van der Waals surface area contributed by atoms with Crippen molar-refractivity contribution in [1.29, 1.82) is 0 Å². The molecule has 0 bridgehead atoms. The van der Waals surface area contributed by atoms with Crippen molar-refractivity contribution in [2.75, 3.05) is 0 Å². The van der Waals surface area contributed by atoms with E-state index in [0.29, 0.717) is 10.7 Å². The monoisotopic (exact) mass is 312 g/mol. The molecular formula is C12H16N4O2S2. The van der Waals surface area contributed by atoms with Crippen LogP contribution in [0.15, 0.2) is 17.3 Å². The summed E-state index contributed by atoms with van der Waals surface area (Å²) in [6.07, 6.45) is 3.12. The summed E-state index contributed by atoms with van der Waals surface area (Å²) in [5, 5.41) is 4.10. The third kappa shape index (κ3) is 2.38. The molecular weight excluding hydrogens is 296 g/mol. The van der Waals surface area contributed by atoms with E-state index < -0.39 is 10.0 Å². The highest BCUT2D eigenvalue weighted by Gasteiger charge is 2.29. The smallest absolute Gasteiger partial charge is 0.242 e. The molecule has 0 radical (unpaired) electrons. The van der Waals surface area contributed by atoms with Gasteiger partial charge in [0, 0.05) is 16.3 Å². The largest absolute Gasteiger partial charge is 0.248 e. The minimum atomic E-state index is -3.51. The SMILES string of the molecule is Cc1cc(S(=O)(=O)N[C@@H]2CCCn3ncnc32)c(C)s1. The highest BCUT2D eigenvalue weighted by Crippen LogP contribution is 2.28. The van der Waals surface area contributed by atoms with Crippen molar-refractivity contribution in [3.8, 4) is 0 Å². The van der Waals surface area contributed by atoms with E-state index in [2.05, 4.69) is 14.8 Å². The maximum Gasteiger partial charge on any atom is 0.242 e. The van der Waals surface area contributed by atoms with Crippen LogP contribution >= 0.6 is 11.3 Å². The topological polar surface area (TPSA) is 76.9 Å². The number of aryl methyl sites for hydroxylation is 3. The Kier molecular flexibility index (Phi) is 3.39. The Labute approximate surface area is 121 Å². The van der Waals surface area contributed by atoms with Crippen LogP contribution in [-0.2, 0) is 16.6 Å². The molecule has 3 rings (SSSR count). The van der Waals surface area contributed by atoms with Gasteiger partial charge in [0.2, 0.25) is 10.0 Å². The molecule has 1 aliphatic heterocycles. The molecule has 0 aromatic carbocycles. The second-order valence-electron chi connectivity index (χ2n) is 4.93. The van der Waals surface area contributed by atoms with Gasteiger partial charge in [0.15, 0.2) is 0 Å². The molecule has 6 nitrogen and oxygen atoms in total. The summed E-state index contributed by atoms with van der Waals surface area (Å²) in [6, 6.07) is 1.42. The van der Waals surface area contributed by atoms with Crippen molar-refractivity contribution < 1.29 is 8.42 Å². The van der Waals surface area contributed by atoms with Crippen molar-refractivity contribution >= 4 is 21.4 Å². The van der Waals surface area contributed by atoms with Crippen molar-refractivity contribution in [1.82, 2.24) is 19.5 Å². The number of hydrogen-bond acceptors (Lipinski definition) is 5. The number of nitrogens with zero attached hydrogens (tertiary/aromatic N) is 3. The zero-order valence-electron chi connectivity index (χ0n) is 11.3. The van der Waals surface area contributed by atoms with Gasteiger partial charge < -0.3 is 0 Å². The second-order valence-corrected chi connectivity index (χ2v) is 8.08. The number of sulfonamides is 1. The molecule has 2 aromatic heterocycles. The van der Waals surface area contributed by atoms with E-state index in [1.165, 1.54) is 17.7 Å². The van der Waals surface area contributed by atoms with Gasteiger partial charge in [-0.2, -0.15) is 5.10 Å². The maximum absolute atomic E-state index is 12.5. The van der Waals surface area contributed by atoms with Gasteiger partial charge in [0.05, 0.1) is 10.9 Å². The van der Waals surface area contributed by atoms with E-state index in [-0.39, 0.29) is 6.04 Å². The Morgan fingerprint density at radius 1 is 1.45 bits per heavy atom. The molecule has 108 valence electrons. The maximum atomic E-state index is 12.5. The van der Waals surface area contributed by atoms with Gasteiger partial charge in [-0.15, -0.1) is 11.3 Å². The minimum absolute atomic E-state index is 0.296. The van der Waals surface area contributed by atoms with Crippen LogP contribution in [0, 0.1) is 13.8 Å². The van der Waals surface area contributed by atoms with E-state index in [4.69, 9.17) is 0 Å². The van der Waals surface area contributed by atoms with Crippen LogP contribution in [0.25, 0.3) is 0 Å². The molecule has 2 aromatic rings. The van der Waals surface area contributed by atoms with Crippen LogP contribution < -0.4 is 4.72 Å². The Morgan fingerprint density at radius 3 is 2.95 bits per heavy atom. The van der Waals surface area contributed by atoms with E-state index >= 15 is 0 Å². The average molecular weight is 312 g/mol. The van der Waals surface area contributed by atoms with Crippen molar-refractivity contribution in [3.05, 3.63) is 28.0 Å². The molecule has 0 fully saturated rings. The second kappa shape index (κ2) is 4.94. The zero-order valence-corrected chi connectivity index (χ0v) is 13.0. The third-order valence-electron chi connectivity index (χ3n) is 3.40. The minimum Gasteiger partial charge on any atom is -0.248 e. The first-order chi connectivity index (χ1) is 9.47. The van der Waals surface area contributed by atoms with Gasteiger partial charge in [-0.1, -0.05) is 0 Å². The number of aromatic nitrogens is 3. The quantitative estimate of drug-likeness (QED) is 0.937. The van der Waals surface area contributed by atoms with E-state index in [1.807, 2.05) is 13.8 Å². The number of nitrogens with one attached hydrogen (secondary N) is 1. The number of thiophene rings is 1. The lowest BCUT2D eigenvalue weighted by atomic mass is 10.1. The van der Waals surface area contributed by atoms with Crippen LogP contribution in [0.3, 0.4) is 0 Å². The standard InChI is InChI=1S/C12H16N4O2S2/c1-8-6-11(9(2)19-8)20(17,18)15-10-4-3-5-16-12(10)13-7-14-16/h6-7,10,15H,3-5H2,1-2H3/t10-/m1/s1. The predicted molar refractivity (Wildman–Crippen MR) is 76.1 cm³/mol. The highest BCUT2D eigenvalue weighted by atomic mass is 32.2. The number of fused-ring (bicyclic) bond motifs is 1. The molecule has 8 heteroatoms. The molecule has 20 heavy (non-hydrogen) atoms. The molecule has 0 aliphatic carbocycles. The Morgan fingerprint density at radius 2 is 2.25 bits per heavy atom. The van der Waals surface area contributed by atoms with Gasteiger partial charge in [-0.3, -0.25) is 0 Å². The first-order valence-corrected chi connectivity index (χ1v) is 8.74. The van der Waals surface area contributed by atoms with Crippen molar-refractivity contribution in [2.45, 2.75) is 44.2 Å². The Hall–Kier alpha value is -1.25. The lowest BCUT2D eigenvalue weighted by molar-refractivity contribution is 0.400. The number of hydrogen-bond donors (Lipinski definition) is 1. The van der Waals surface area contributed by atoms with Gasteiger partial charge >= 0.3 is 0 Å². The van der Waals surface area contributed by atoms with Gasteiger partial charge in [-0.25, -0.2) is 22.8 Å². The van der Waals surface area contributed by atoms with E-state index in [9.17, 15) is 8.42 Å². The highest BCUT2D eigenvalue weighted by molar-refractivity contribution is 7.89. The molecule has 1 atom stereocenters. The molecule has 3 heterocycles. The van der Waals surface area contributed by atoms with Crippen LogP contribution in [-0.4, -0.2) is 23.2 Å². The van der Waals surface area contributed by atoms with Gasteiger partial charge in [0.1, 0.15) is 12.2 Å². The average Bonchev–Trinajstić information content (AvgIpc) is 2.96. The number of rotatable bonds is 3. The lowest BCUT2D eigenvalue weighted by Crippen LogP contribution is -2.33. The van der Waals surface area contributed by atoms with Crippen LogP contribution in [0.5, 0.6) is 0 Å². The summed E-state index contributed by atoms with van der Waals surface area (Å²) in [6.45, 7) is 4.54. The molecule has 1 N–H and O–H groups in total. The molecule has 0 amide bonds. The molecule has 0 unspecified atom stereocenters. The normalized spacial score (nSPS) is 19.0. The zero-order chi connectivity index (χ0) is 14.3. The first-order valence-electron chi connectivity index (χ1n) is 6.44. The first kappa shape index (κ1) is 13.7. The van der Waals surface area contributed by atoms with Gasteiger partial charge in [0.25, 0.3) is 0 Å². The van der Waals surface area contributed by atoms with Gasteiger partial charge in [-0.05, 0) is 32.8 Å². The van der Waals surface area contributed by atoms with Crippen molar-refractivity contribution in [2.24, 2.45) is 0 Å². The van der Waals surface area contributed by atoms with Crippen LogP contribution in [0.4, 0.5) is 0 Å². The Bertz CT molecular complexity index is 732. The van der Waals surface area contributed by atoms with Crippen molar-refractivity contribution in [3.63, 3.8) is 0 Å². The van der Waals surface area contributed by atoms with E-state index in [0.717, 1.165) is 29.1 Å². The van der Waals surface area contributed by atoms with Crippen LogP contribution in [0.1, 0.15) is 34.5 Å². The summed E-state index contributed by atoms with van der Waals surface area (Å²) >= 11 is 1.49. The summed E-state index contributed by atoms with van der Waals surface area (Å²) in [5.41, 5.74) is 0. The predicted octanol–water partition coefficient (Wildman–Crippen LogP) is 1.77. The fourth-order valence-corrected chi connectivity index (χ4v) is 5.31.